The highest BCUT2D eigenvalue weighted by Gasteiger charge is 2.27. The van der Waals surface area contributed by atoms with Crippen molar-refractivity contribution in [1.82, 2.24) is 25.5 Å². The van der Waals surface area contributed by atoms with Gasteiger partial charge >= 0.3 is 6.03 Å². The molecular weight excluding hydrogens is 337 g/mol. The number of carbonyl (C=O) groups is 2. The van der Waals surface area contributed by atoms with Gasteiger partial charge in [-0.25, -0.2) is 14.2 Å². The van der Waals surface area contributed by atoms with Crippen LogP contribution in [0.3, 0.4) is 0 Å². The third kappa shape index (κ3) is 5.05. The second kappa shape index (κ2) is 8.46. The van der Waals surface area contributed by atoms with E-state index in [-0.39, 0.29) is 19.0 Å². The van der Waals surface area contributed by atoms with Gasteiger partial charge in [-0.1, -0.05) is 6.07 Å². The first-order chi connectivity index (χ1) is 12.3. The van der Waals surface area contributed by atoms with Crippen LogP contribution in [0.5, 0.6) is 0 Å². The zero-order chi connectivity index (χ0) is 19.2. The summed E-state index contributed by atoms with van der Waals surface area (Å²) in [7, 11) is 0. The maximum atomic E-state index is 14.2. The molecule has 7 nitrogen and oxygen atoms in total. The number of nitrogens with zero attached hydrogens (tertiary/aromatic N) is 2. The Morgan fingerprint density at radius 1 is 1.23 bits per heavy atom. The Bertz CT molecular complexity index is 759. The minimum absolute atomic E-state index is 0.127. The van der Waals surface area contributed by atoms with Gasteiger partial charge in [-0.3, -0.25) is 4.79 Å². The van der Waals surface area contributed by atoms with E-state index in [1.165, 1.54) is 12.4 Å². The summed E-state index contributed by atoms with van der Waals surface area (Å²) < 4.78 is 15.8. The summed E-state index contributed by atoms with van der Waals surface area (Å²) in [6, 6.07) is 4.32. The van der Waals surface area contributed by atoms with Crippen LogP contribution in [0.25, 0.3) is 5.69 Å². The third-order valence-electron chi connectivity index (χ3n) is 3.89. The van der Waals surface area contributed by atoms with Gasteiger partial charge in [0, 0.05) is 32.0 Å². The maximum absolute atomic E-state index is 14.2. The van der Waals surface area contributed by atoms with Gasteiger partial charge in [-0.15, -0.1) is 0 Å². The van der Waals surface area contributed by atoms with Crippen LogP contribution in [0.15, 0.2) is 36.9 Å². The molecule has 0 spiro atoms. The second-order valence-corrected chi connectivity index (χ2v) is 6.54. The Morgan fingerprint density at radius 3 is 2.62 bits per heavy atom. The average molecular weight is 361 g/mol. The molecule has 0 saturated heterocycles. The van der Waals surface area contributed by atoms with Gasteiger partial charge < -0.3 is 20.5 Å². The lowest BCUT2D eigenvalue weighted by molar-refractivity contribution is -0.128. The van der Waals surface area contributed by atoms with E-state index in [0.717, 1.165) is 0 Å². The van der Waals surface area contributed by atoms with E-state index < -0.39 is 17.3 Å². The Morgan fingerprint density at radius 2 is 2.00 bits per heavy atom. The van der Waals surface area contributed by atoms with Gasteiger partial charge in [0.2, 0.25) is 5.91 Å². The molecule has 0 aliphatic carbocycles. The van der Waals surface area contributed by atoms with Gasteiger partial charge in [-0.05, 0) is 38.5 Å². The van der Waals surface area contributed by atoms with E-state index in [4.69, 9.17) is 0 Å². The number of nitrogens with one attached hydrogen (secondary N) is 3. The van der Waals surface area contributed by atoms with Crippen molar-refractivity contribution >= 4 is 11.9 Å². The Hall–Kier alpha value is -2.90. The quantitative estimate of drug-likeness (QED) is 0.705. The fourth-order valence-electron chi connectivity index (χ4n) is 2.30. The highest BCUT2D eigenvalue weighted by Crippen LogP contribution is 2.15. The summed E-state index contributed by atoms with van der Waals surface area (Å²) >= 11 is 0. The van der Waals surface area contributed by atoms with Crippen molar-refractivity contribution in [3.05, 3.63) is 48.3 Å². The number of carbonyl (C=O) groups excluding carboxylic acids is 2. The lowest BCUT2D eigenvalue weighted by Gasteiger charge is -2.23. The van der Waals surface area contributed by atoms with Crippen LogP contribution in [-0.2, 0) is 11.3 Å². The third-order valence-corrected chi connectivity index (χ3v) is 3.89. The number of urea groups is 1. The van der Waals surface area contributed by atoms with E-state index >= 15 is 0 Å². The molecule has 1 aromatic heterocycles. The van der Waals surface area contributed by atoms with Crippen molar-refractivity contribution in [3.8, 4) is 5.69 Å². The fraction of sp³-hybridized carbons (Fsp3) is 0.389. The Labute approximate surface area is 152 Å². The molecule has 0 fully saturated rings. The van der Waals surface area contributed by atoms with Gasteiger partial charge in [0.1, 0.15) is 5.82 Å². The summed E-state index contributed by atoms with van der Waals surface area (Å²) in [5.74, 6) is -0.530. The largest absolute Gasteiger partial charge is 0.356 e. The van der Waals surface area contributed by atoms with Gasteiger partial charge in [0.15, 0.2) is 0 Å². The number of benzene rings is 1. The maximum Gasteiger partial charge on any atom is 0.315 e. The first-order valence-electron chi connectivity index (χ1n) is 8.40. The molecule has 0 aliphatic heterocycles. The molecule has 1 heterocycles. The number of rotatable bonds is 7. The van der Waals surface area contributed by atoms with E-state index in [1.807, 2.05) is 6.92 Å². The van der Waals surface area contributed by atoms with Crippen molar-refractivity contribution in [2.75, 3.05) is 13.1 Å². The number of hydrogen-bond acceptors (Lipinski definition) is 3. The smallest absolute Gasteiger partial charge is 0.315 e. The molecule has 8 heteroatoms. The van der Waals surface area contributed by atoms with Crippen molar-refractivity contribution < 1.29 is 14.0 Å². The molecule has 0 unspecified atom stereocenters. The van der Waals surface area contributed by atoms with E-state index in [1.54, 1.807) is 42.9 Å². The molecule has 26 heavy (non-hydrogen) atoms. The van der Waals surface area contributed by atoms with Crippen LogP contribution in [0, 0.1) is 11.2 Å². The van der Waals surface area contributed by atoms with Crippen LogP contribution in [-0.4, -0.2) is 34.6 Å². The van der Waals surface area contributed by atoms with Crippen LogP contribution in [0.2, 0.25) is 0 Å². The predicted octanol–water partition coefficient (Wildman–Crippen LogP) is 1.97. The molecule has 2 rings (SSSR count). The molecule has 3 N–H and O–H groups in total. The number of hydrogen-bond donors (Lipinski definition) is 3. The first kappa shape index (κ1) is 19.4. The monoisotopic (exact) mass is 361 g/mol. The summed E-state index contributed by atoms with van der Waals surface area (Å²) in [6.45, 7) is 6.25. The van der Waals surface area contributed by atoms with Crippen molar-refractivity contribution in [1.29, 1.82) is 0 Å². The zero-order valence-corrected chi connectivity index (χ0v) is 15.2. The zero-order valence-electron chi connectivity index (χ0n) is 15.2. The molecule has 1 aromatic carbocycles. The Kier molecular flexibility index (Phi) is 6.32. The van der Waals surface area contributed by atoms with E-state index in [0.29, 0.717) is 17.8 Å². The number of halogens is 1. The molecule has 0 saturated carbocycles. The van der Waals surface area contributed by atoms with Crippen LogP contribution >= 0.6 is 0 Å². The molecule has 140 valence electrons. The normalized spacial score (nSPS) is 11.1. The molecule has 0 radical (unpaired) electrons. The highest BCUT2D eigenvalue weighted by molar-refractivity contribution is 5.83. The summed E-state index contributed by atoms with van der Waals surface area (Å²) in [4.78, 5) is 27.7. The number of aromatic nitrogens is 2. The van der Waals surface area contributed by atoms with Crippen molar-refractivity contribution in [3.63, 3.8) is 0 Å². The van der Waals surface area contributed by atoms with Gasteiger partial charge in [-0.2, -0.15) is 0 Å². The summed E-state index contributed by atoms with van der Waals surface area (Å²) in [6.07, 6.45) is 4.74. The minimum atomic E-state index is -0.716. The molecular formula is C18H24FN5O2. The van der Waals surface area contributed by atoms with Crippen LogP contribution in [0.1, 0.15) is 26.3 Å². The Balaban J connectivity index is 1.86. The summed E-state index contributed by atoms with van der Waals surface area (Å²) in [5, 5.41) is 8.05. The number of imidazole rings is 1. The lowest BCUT2D eigenvalue weighted by Crippen LogP contribution is -2.47. The predicted molar refractivity (Wildman–Crippen MR) is 96.2 cm³/mol. The van der Waals surface area contributed by atoms with Gasteiger partial charge in [0.25, 0.3) is 0 Å². The van der Waals surface area contributed by atoms with Crippen molar-refractivity contribution in [2.24, 2.45) is 5.41 Å². The minimum Gasteiger partial charge on any atom is -0.356 e. The first-order valence-corrected chi connectivity index (χ1v) is 8.40. The molecule has 2 aromatic rings. The molecule has 0 bridgehead atoms. The topological polar surface area (TPSA) is 88.0 Å². The van der Waals surface area contributed by atoms with Crippen LogP contribution in [0.4, 0.5) is 9.18 Å². The lowest BCUT2D eigenvalue weighted by atomic mass is 9.92. The molecule has 0 atom stereocenters. The van der Waals surface area contributed by atoms with E-state index in [2.05, 4.69) is 20.9 Å². The highest BCUT2D eigenvalue weighted by atomic mass is 19.1. The van der Waals surface area contributed by atoms with Crippen molar-refractivity contribution in [2.45, 2.75) is 27.3 Å². The molecule has 0 aliphatic rings. The fourth-order valence-corrected chi connectivity index (χ4v) is 2.30. The van der Waals surface area contributed by atoms with E-state index in [9.17, 15) is 14.0 Å². The average Bonchev–Trinajstić information content (AvgIpc) is 3.13. The van der Waals surface area contributed by atoms with Gasteiger partial charge in [0.05, 0.1) is 17.4 Å². The molecule has 3 amide bonds. The standard InChI is InChI=1S/C18H24FN5O2/c1-4-21-16(25)18(2,3)11-23-17(26)22-10-13-5-6-15(14(19)9-13)24-8-7-20-12-24/h5-9,12H,4,10-11H2,1-3H3,(H,21,25)(H2,22,23,26). The second-order valence-electron chi connectivity index (χ2n) is 6.54. The SMILES string of the molecule is CCNC(=O)C(C)(C)CNC(=O)NCc1ccc(-n2ccnc2)c(F)c1. The van der Waals surface area contributed by atoms with Crippen LogP contribution < -0.4 is 16.0 Å². The summed E-state index contributed by atoms with van der Waals surface area (Å²) in [5.41, 5.74) is 0.301. The number of amides is 3.